The molecule has 0 spiro atoms. The van der Waals surface area contributed by atoms with E-state index in [4.69, 9.17) is 9.47 Å². The van der Waals surface area contributed by atoms with Crippen molar-refractivity contribution in [2.75, 3.05) is 24.4 Å². The summed E-state index contributed by atoms with van der Waals surface area (Å²) in [5.41, 5.74) is 1.16. The highest BCUT2D eigenvalue weighted by molar-refractivity contribution is 7.92. The third kappa shape index (κ3) is 5.00. The number of piperidine rings is 1. The van der Waals surface area contributed by atoms with E-state index in [-0.39, 0.29) is 35.9 Å². The van der Waals surface area contributed by atoms with E-state index in [1.165, 1.54) is 12.1 Å². The molecule has 4 atom stereocenters. The summed E-state index contributed by atoms with van der Waals surface area (Å²) in [5, 5.41) is 9.95. The zero-order valence-corrected chi connectivity index (χ0v) is 20.0. The van der Waals surface area contributed by atoms with Crippen LogP contribution in [-0.4, -0.2) is 62.3 Å². The van der Waals surface area contributed by atoms with Gasteiger partial charge in [-0.2, -0.15) is 0 Å². The van der Waals surface area contributed by atoms with Crippen LogP contribution >= 0.6 is 0 Å². The van der Waals surface area contributed by atoms with E-state index in [0.717, 1.165) is 50.0 Å². The number of sulfonamides is 1. The summed E-state index contributed by atoms with van der Waals surface area (Å²) in [6, 6.07) is 9.62. The van der Waals surface area contributed by atoms with Crippen molar-refractivity contribution in [3.05, 3.63) is 53.8 Å². The van der Waals surface area contributed by atoms with E-state index >= 15 is 0 Å². The molecule has 3 heterocycles. The molecule has 10 heteroatoms. The first kappa shape index (κ1) is 24.0. The molecule has 188 valence electrons. The summed E-state index contributed by atoms with van der Waals surface area (Å²) in [7, 11) is -3.90. The Morgan fingerprint density at radius 1 is 1.11 bits per heavy atom. The molecule has 0 saturated carbocycles. The van der Waals surface area contributed by atoms with Crippen molar-refractivity contribution in [2.24, 2.45) is 0 Å². The van der Waals surface area contributed by atoms with Crippen molar-refractivity contribution in [2.45, 2.75) is 61.2 Å². The Kier molecular flexibility index (Phi) is 6.69. The lowest BCUT2D eigenvalue weighted by Gasteiger charge is -2.38. The highest BCUT2D eigenvalue weighted by atomic mass is 32.2. The van der Waals surface area contributed by atoms with Gasteiger partial charge in [-0.05, 0) is 68.1 Å². The van der Waals surface area contributed by atoms with Gasteiger partial charge in [-0.3, -0.25) is 9.52 Å². The number of halogens is 1. The highest BCUT2D eigenvalue weighted by Crippen LogP contribution is 2.47. The quantitative estimate of drug-likeness (QED) is 0.627. The summed E-state index contributed by atoms with van der Waals surface area (Å²) in [4.78, 5) is 14.7. The number of hydrogen-bond acceptors (Lipinski definition) is 6. The second-order valence-electron chi connectivity index (χ2n) is 9.36. The van der Waals surface area contributed by atoms with Gasteiger partial charge in [-0.15, -0.1) is 0 Å². The Bertz CT molecular complexity index is 1180. The van der Waals surface area contributed by atoms with Crippen LogP contribution in [0.2, 0.25) is 0 Å². The standard InChI is InChI=1S/C25H29FN2O6S/c26-16-4-7-19(8-5-16)35(31,32)27-17-6-9-22-20(12-17)21-13-18(33-23(15-29)25(21)34-22)14-24(30)28-10-2-1-3-11-28/h4-9,12,18,21,23,25,27,29H,1-3,10-11,13-15H2/t18-,21+,23-,25-/m0/s1. The lowest BCUT2D eigenvalue weighted by molar-refractivity contribution is -0.149. The van der Waals surface area contributed by atoms with E-state index in [1.54, 1.807) is 18.2 Å². The van der Waals surface area contributed by atoms with Gasteiger partial charge < -0.3 is 19.5 Å². The number of likely N-dealkylation sites (tertiary alicyclic amines) is 1. The highest BCUT2D eigenvalue weighted by Gasteiger charge is 2.46. The Labute approximate surface area is 204 Å². The first-order valence-corrected chi connectivity index (χ1v) is 13.5. The van der Waals surface area contributed by atoms with Gasteiger partial charge in [0.05, 0.1) is 24.0 Å². The van der Waals surface area contributed by atoms with E-state index < -0.39 is 28.0 Å². The average molecular weight is 505 g/mol. The first-order valence-electron chi connectivity index (χ1n) is 12.0. The molecule has 2 fully saturated rings. The van der Waals surface area contributed by atoms with Crippen molar-refractivity contribution in [1.29, 1.82) is 0 Å². The van der Waals surface area contributed by atoms with Crippen molar-refractivity contribution >= 4 is 21.6 Å². The topological polar surface area (TPSA) is 105 Å². The number of nitrogens with one attached hydrogen (secondary N) is 1. The third-order valence-corrected chi connectivity index (χ3v) is 8.38. The SMILES string of the molecule is O=C(C[C@@H]1C[C@@H]2c3cc(NS(=O)(=O)c4ccc(F)cc4)ccc3O[C@@H]2[C@H](CO)O1)N1CCCCC1. The van der Waals surface area contributed by atoms with Crippen LogP contribution in [0.3, 0.4) is 0 Å². The summed E-state index contributed by atoms with van der Waals surface area (Å²) >= 11 is 0. The molecule has 2 saturated heterocycles. The van der Waals surface area contributed by atoms with Crippen LogP contribution in [0.25, 0.3) is 0 Å². The number of benzene rings is 2. The fourth-order valence-electron chi connectivity index (χ4n) is 5.25. The van der Waals surface area contributed by atoms with E-state index in [2.05, 4.69) is 4.72 Å². The van der Waals surface area contributed by atoms with E-state index in [1.807, 2.05) is 4.90 Å². The van der Waals surface area contributed by atoms with Gasteiger partial charge in [0.15, 0.2) is 0 Å². The Hall–Kier alpha value is -2.69. The maximum atomic E-state index is 13.2. The van der Waals surface area contributed by atoms with Crippen molar-refractivity contribution in [3.63, 3.8) is 0 Å². The van der Waals surface area contributed by atoms with E-state index in [0.29, 0.717) is 17.9 Å². The molecule has 1 amide bonds. The molecule has 3 aliphatic rings. The number of aliphatic hydroxyl groups is 1. The lowest BCUT2D eigenvalue weighted by Crippen LogP contribution is -2.48. The fraction of sp³-hybridized carbons (Fsp3) is 0.480. The Morgan fingerprint density at radius 3 is 2.57 bits per heavy atom. The third-order valence-electron chi connectivity index (χ3n) is 6.99. The molecule has 5 rings (SSSR count). The summed E-state index contributed by atoms with van der Waals surface area (Å²) in [6.07, 6.45) is 2.57. The molecule has 35 heavy (non-hydrogen) atoms. The predicted octanol–water partition coefficient (Wildman–Crippen LogP) is 3.02. The number of anilines is 1. The zero-order valence-electron chi connectivity index (χ0n) is 19.2. The molecule has 0 radical (unpaired) electrons. The van der Waals surface area contributed by atoms with Crippen molar-refractivity contribution in [3.8, 4) is 5.75 Å². The fourth-order valence-corrected chi connectivity index (χ4v) is 6.30. The van der Waals surface area contributed by atoms with Crippen LogP contribution in [0.5, 0.6) is 5.75 Å². The van der Waals surface area contributed by atoms with Gasteiger partial charge in [-0.25, -0.2) is 12.8 Å². The monoisotopic (exact) mass is 504 g/mol. The van der Waals surface area contributed by atoms with Crippen LogP contribution in [0.1, 0.15) is 43.6 Å². The number of amides is 1. The zero-order chi connectivity index (χ0) is 24.6. The molecule has 2 N–H and O–H groups in total. The Morgan fingerprint density at radius 2 is 1.86 bits per heavy atom. The van der Waals surface area contributed by atoms with Crippen LogP contribution in [0.4, 0.5) is 10.1 Å². The summed E-state index contributed by atoms with van der Waals surface area (Å²) in [6.45, 7) is 1.29. The molecule has 8 nitrogen and oxygen atoms in total. The molecular formula is C25H29FN2O6S. The second-order valence-corrected chi connectivity index (χ2v) is 11.0. The minimum absolute atomic E-state index is 0.0452. The number of carbonyl (C=O) groups is 1. The largest absolute Gasteiger partial charge is 0.487 e. The molecule has 0 aliphatic carbocycles. The summed E-state index contributed by atoms with van der Waals surface area (Å²) < 4.78 is 53.4. The first-order chi connectivity index (χ1) is 16.8. The molecule has 0 bridgehead atoms. The minimum Gasteiger partial charge on any atom is -0.487 e. The van der Waals surface area contributed by atoms with Gasteiger partial charge >= 0.3 is 0 Å². The maximum Gasteiger partial charge on any atom is 0.261 e. The number of hydrogen-bond donors (Lipinski definition) is 2. The number of carbonyl (C=O) groups excluding carboxylic acids is 1. The molecular weight excluding hydrogens is 475 g/mol. The second kappa shape index (κ2) is 9.75. The normalized spacial score (nSPS) is 25.9. The van der Waals surface area contributed by atoms with Crippen molar-refractivity contribution < 1.29 is 32.2 Å². The number of ether oxygens (including phenoxy) is 2. The predicted molar refractivity (Wildman–Crippen MR) is 126 cm³/mol. The lowest BCUT2D eigenvalue weighted by atomic mass is 9.84. The van der Waals surface area contributed by atoms with Crippen molar-refractivity contribution in [1.82, 2.24) is 4.90 Å². The molecule has 2 aromatic carbocycles. The summed E-state index contributed by atoms with van der Waals surface area (Å²) in [5.74, 6) is 0.000791. The van der Waals surface area contributed by atoms with Crippen LogP contribution in [0, 0.1) is 5.82 Å². The minimum atomic E-state index is -3.90. The van der Waals surface area contributed by atoms with Gasteiger partial charge in [-0.1, -0.05) is 0 Å². The molecule has 0 aromatic heterocycles. The molecule has 2 aromatic rings. The Balaban J connectivity index is 1.34. The van der Waals surface area contributed by atoms with Gasteiger partial charge in [0.1, 0.15) is 23.8 Å². The number of aliphatic hydroxyl groups excluding tert-OH is 1. The maximum absolute atomic E-state index is 13.2. The average Bonchev–Trinajstić information content (AvgIpc) is 3.22. The smallest absolute Gasteiger partial charge is 0.261 e. The van der Waals surface area contributed by atoms with Crippen LogP contribution < -0.4 is 9.46 Å². The van der Waals surface area contributed by atoms with Gasteiger partial charge in [0.2, 0.25) is 5.91 Å². The number of fused-ring (bicyclic) bond motifs is 3. The van der Waals surface area contributed by atoms with Gasteiger partial charge in [0.25, 0.3) is 10.0 Å². The van der Waals surface area contributed by atoms with Crippen LogP contribution in [0.15, 0.2) is 47.4 Å². The number of nitrogens with zero attached hydrogens (tertiary/aromatic N) is 1. The van der Waals surface area contributed by atoms with Crippen LogP contribution in [-0.2, 0) is 19.6 Å². The number of rotatable bonds is 6. The van der Waals surface area contributed by atoms with Gasteiger partial charge in [0, 0.05) is 30.3 Å². The molecule has 3 aliphatic heterocycles. The molecule has 0 unspecified atom stereocenters. The van der Waals surface area contributed by atoms with E-state index in [9.17, 15) is 22.7 Å².